The second-order valence-corrected chi connectivity index (χ2v) is 5.18. The van der Waals surface area contributed by atoms with Gasteiger partial charge >= 0.3 is 0 Å². The largest absolute Gasteiger partial charge is 0.387 e. The van der Waals surface area contributed by atoms with Crippen LogP contribution in [0.4, 0.5) is 4.39 Å². The topological polar surface area (TPSA) is 59.1 Å². The van der Waals surface area contributed by atoms with Crippen LogP contribution in [0.15, 0.2) is 29.9 Å². The van der Waals surface area contributed by atoms with Gasteiger partial charge in [-0.05, 0) is 17.7 Å². The molecule has 2 rings (SSSR count). The minimum absolute atomic E-state index is 0.213. The van der Waals surface area contributed by atoms with Crippen molar-refractivity contribution in [2.75, 3.05) is 6.54 Å². The number of hydrogen-bond donors (Lipinski definition) is 2. The second kappa shape index (κ2) is 5.75. The molecular formula is C12H12ClFN2OS. The van der Waals surface area contributed by atoms with Crippen molar-refractivity contribution < 1.29 is 9.50 Å². The summed E-state index contributed by atoms with van der Waals surface area (Å²) in [5, 5.41) is 10.5. The summed E-state index contributed by atoms with van der Waals surface area (Å²) in [4.78, 5) is 4.63. The number of hydrogen-bond acceptors (Lipinski definition) is 4. The summed E-state index contributed by atoms with van der Waals surface area (Å²) < 4.78 is 13.0. The summed E-state index contributed by atoms with van der Waals surface area (Å²) in [6.45, 7) is 0.213. The summed E-state index contributed by atoms with van der Waals surface area (Å²) in [7, 11) is 0. The van der Waals surface area contributed by atoms with Gasteiger partial charge in [-0.2, -0.15) is 0 Å². The smallest absolute Gasteiger partial charge is 0.124 e. The van der Waals surface area contributed by atoms with Gasteiger partial charge < -0.3 is 10.8 Å². The lowest BCUT2D eigenvalue weighted by Gasteiger charge is -2.21. The maximum Gasteiger partial charge on any atom is 0.124 e. The molecule has 2 atom stereocenters. The van der Waals surface area contributed by atoms with Crippen molar-refractivity contribution in [3.63, 3.8) is 0 Å². The molecule has 18 heavy (non-hydrogen) atoms. The highest BCUT2D eigenvalue weighted by Gasteiger charge is 2.24. The van der Waals surface area contributed by atoms with Crippen molar-refractivity contribution in [1.82, 2.24) is 4.98 Å². The van der Waals surface area contributed by atoms with Crippen molar-refractivity contribution in [2.24, 2.45) is 5.73 Å². The molecule has 0 radical (unpaired) electrons. The number of halogens is 2. The van der Waals surface area contributed by atoms with Crippen LogP contribution in [0.5, 0.6) is 0 Å². The molecule has 6 heteroatoms. The molecule has 2 aromatic rings. The van der Waals surface area contributed by atoms with Gasteiger partial charge in [0.25, 0.3) is 0 Å². The van der Waals surface area contributed by atoms with E-state index in [1.165, 1.54) is 23.5 Å². The van der Waals surface area contributed by atoms with Crippen LogP contribution in [0.3, 0.4) is 0 Å². The number of rotatable bonds is 4. The van der Waals surface area contributed by atoms with Crippen molar-refractivity contribution >= 4 is 22.9 Å². The van der Waals surface area contributed by atoms with Crippen molar-refractivity contribution in [2.45, 2.75) is 12.0 Å². The van der Waals surface area contributed by atoms with E-state index in [1.54, 1.807) is 17.8 Å². The predicted molar refractivity (Wildman–Crippen MR) is 70.3 cm³/mol. The van der Waals surface area contributed by atoms with Crippen LogP contribution in [-0.4, -0.2) is 16.6 Å². The molecule has 0 saturated heterocycles. The first-order valence-corrected chi connectivity index (χ1v) is 6.60. The van der Waals surface area contributed by atoms with Gasteiger partial charge in [0.05, 0.1) is 16.5 Å². The first kappa shape index (κ1) is 13.4. The zero-order valence-corrected chi connectivity index (χ0v) is 11.0. The Labute approximate surface area is 113 Å². The molecule has 1 heterocycles. The molecule has 0 aliphatic carbocycles. The Balaban J connectivity index is 2.33. The fraction of sp³-hybridized carbons (Fsp3) is 0.250. The zero-order valence-electron chi connectivity index (χ0n) is 9.38. The molecular weight excluding hydrogens is 275 g/mol. The number of nitrogens with two attached hydrogens (primary N) is 1. The minimum atomic E-state index is -0.787. The van der Waals surface area contributed by atoms with Crippen LogP contribution in [0.25, 0.3) is 0 Å². The summed E-state index contributed by atoms with van der Waals surface area (Å²) in [5.74, 6) is -0.787. The number of thiazole rings is 1. The van der Waals surface area contributed by atoms with Crippen LogP contribution in [0.2, 0.25) is 5.02 Å². The lowest BCUT2D eigenvalue weighted by molar-refractivity contribution is 0.151. The average molecular weight is 287 g/mol. The van der Waals surface area contributed by atoms with Gasteiger partial charge in [0, 0.05) is 23.7 Å². The fourth-order valence-electron chi connectivity index (χ4n) is 1.80. The first-order chi connectivity index (χ1) is 8.63. The van der Waals surface area contributed by atoms with Crippen LogP contribution < -0.4 is 5.73 Å². The monoisotopic (exact) mass is 286 g/mol. The third-order valence-corrected chi connectivity index (χ3v) is 3.91. The summed E-state index contributed by atoms with van der Waals surface area (Å²) in [6, 6.07) is 4.08. The highest BCUT2D eigenvalue weighted by atomic mass is 35.5. The zero-order chi connectivity index (χ0) is 13.1. The number of aliphatic hydroxyl groups is 1. The SMILES string of the molecule is NCC(c1ccc(F)cc1Cl)C(O)c1cncs1. The maximum atomic E-state index is 13.0. The number of nitrogens with zero attached hydrogens (tertiary/aromatic N) is 1. The van der Waals surface area contributed by atoms with Crippen LogP contribution in [0.1, 0.15) is 22.5 Å². The lowest BCUT2D eigenvalue weighted by atomic mass is 9.92. The van der Waals surface area contributed by atoms with E-state index in [1.807, 2.05) is 0 Å². The Morgan fingerprint density at radius 3 is 2.83 bits per heavy atom. The van der Waals surface area contributed by atoms with Crippen LogP contribution in [0, 0.1) is 5.82 Å². The quantitative estimate of drug-likeness (QED) is 0.908. The van der Waals surface area contributed by atoms with E-state index in [4.69, 9.17) is 17.3 Å². The molecule has 0 aliphatic heterocycles. The van der Waals surface area contributed by atoms with Gasteiger partial charge in [-0.3, -0.25) is 4.98 Å². The standard InChI is InChI=1S/C12H12ClFN2OS/c13-10-3-7(14)1-2-8(10)9(4-15)12(17)11-5-16-6-18-11/h1-3,5-6,9,12,17H,4,15H2. The van der Waals surface area contributed by atoms with E-state index < -0.39 is 11.9 Å². The number of benzene rings is 1. The minimum Gasteiger partial charge on any atom is -0.387 e. The summed E-state index contributed by atoms with van der Waals surface area (Å²) >= 11 is 7.33. The highest BCUT2D eigenvalue weighted by molar-refractivity contribution is 7.09. The Morgan fingerprint density at radius 1 is 1.50 bits per heavy atom. The predicted octanol–water partition coefficient (Wildman–Crippen LogP) is 2.71. The molecule has 0 saturated carbocycles. The molecule has 0 bridgehead atoms. The number of aromatic nitrogens is 1. The van der Waals surface area contributed by atoms with E-state index in [0.717, 1.165) is 0 Å². The fourth-order valence-corrected chi connectivity index (χ4v) is 2.77. The van der Waals surface area contributed by atoms with Crippen LogP contribution in [-0.2, 0) is 0 Å². The van der Waals surface area contributed by atoms with E-state index >= 15 is 0 Å². The van der Waals surface area contributed by atoms with E-state index in [-0.39, 0.29) is 17.5 Å². The molecule has 2 unspecified atom stereocenters. The maximum absolute atomic E-state index is 13.0. The average Bonchev–Trinajstić information content (AvgIpc) is 2.86. The van der Waals surface area contributed by atoms with Crippen molar-refractivity contribution in [3.05, 3.63) is 51.2 Å². The lowest BCUT2D eigenvalue weighted by Crippen LogP contribution is -2.20. The third-order valence-electron chi connectivity index (χ3n) is 2.74. The summed E-state index contributed by atoms with van der Waals surface area (Å²) in [6.07, 6.45) is 0.806. The molecule has 0 amide bonds. The highest BCUT2D eigenvalue weighted by Crippen LogP contribution is 2.35. The first-order valence-electron chi connectivity index (χ1n) is 5.35. The van der Waals surface area contributed by atoms with Gasteiger partial charge in [-0.25, -0.2) is 4.39 Å². The summed E-state index contributed by atoms with van der Waals surface area (Å²) in [5.41, 5.74) is 7.97. The molecule has 96 valence electrons. The second-order valence-electron chi connectivity index (χ2n) is 3.86. The number of aliphatic hydroxyl groups excluding tert-OH is 1. The third kappa shape index (κ3) is 2.70. The molecule has 1 aromatic heterocycles. The molecule has 0 fully saturated rings. The van der Waals surface area contributed by atoms with E-state index in [0.29, 0.717) is 10.4 Å². The Bertz CT molecular complexity index is 521. The van der Waals surface area contributed by atoms with Gasteiger partial charge in [-0.1, -0.05) is 17.7 Å². The molecule has 0 spiro atoms. The van der Waals surface area contributed by atoms with Gasteiger partial charge in [0.2, 0.25) is 0 Å². The Kier molecular flexibility index (Phi) is 4.29. The van der Waals surface area contributed by atoms with E-state index in [9.17, 15) is 9.50 Å². The van der Waals surface area contributed by atoms with Crippen molar-refractivity contribution in [1.29, 1.82) is 0 Å². The Morgan fingerprint density at radius 2 is 2.28 bits per heavy atom. The van der Waals surface area contributed by atoms with E-state index in [2.05, 4.69) is 4.98 Å². The molecule has 0 aliphatic rings. The van der Waals surface area contributed by atoms with Gasteiger partial charge in [-0.15, -0.1) is 11.3 Å². The van der Waals surface area contributed by atoms with Gasteiger partial charge in [0.1, 0.15) is 5.82 Å². The Hall–Kier alpha value is -1.01. The molecule has 1 aromatic carbocycles. The van der Waals surface area contributed by atoms with Crippen LogP contribution >= 0.6 is 22.9 Å². The normalized spacial score (nSPS) is 14.4. The van der Waals surface area contributed by atoms with Gasteiger partial charge in [0.15, 0.2) is 0 Å². The molecule has 3 nitrogen and oxygen atoms in total. The molecule has 3 N–H and O–H groups in total. The van der Waals surface area contributed by atoms with Crippen molar-refractivity contribution in [3.8, 4) is 0 Å².